The Labute approximate surface area is 113 Å². The van der Waals surface area contributed by atoms with Gasteiger partial charge in [-0.2, -0.15) is 0 Å². The summed E-state index contributed by atoms with van der Waals surface area (Å²) in [6, 6.07) is 5.65. The molecule has 0 heterocycles. The van der Waals surface area contributed by atoms with Gasteiger partial charge in [-0.25, -0.2) is 0 Å². The second kappa shape index (κ2) is 5.48. The highest BCUT2D eigenvalue weighted by Gasteiger charge is 2.51. The lowest BCUT2D eigenvalue weighted by atomic mass is 9.94. The van der Waals surface area contributed by atoms with Crippen molar-refractivity contribution in [1.82, 2.24) is 5.32 Å². The number of hydrogen-bond donors (Lipinski definition) is 2. The van der Waals surface area contributed by atoms with Crippen molar-refractivity contribution >= 4 is 5.91 Å². The van der Waals surface area contributed by atoms with E-state index in [1.54, 1.807) is 14.2 Å². The first kappa shape index (κ1) is 13.7. The van der Waals surface area contributed by atoms with Gasteiger partial charge < -0.3 is 20.5 Å². The normalized spacial score (nSPS) is 15.7. The van der Waals surface area contributed by atoms with Crippen molar-refractivity contribution in [3.8, 4) is 11.5 Å². The molecule has 1 amide bonds. The smallest absolute Gasteiger partial charge is 0.230 e. The molecule has 3 N–H and O–H groups in total. The molecule has 0 aliphatic heterocycles. The number of carbonyl (C=O) groups excluding carboxylic acids is 1. The molecule has 0 spiro atoms. The van der Waals surface area contributed by atoms with Crippen LogP contribution in [0, 0.1) is 0 Å². The number of rotatable bonds is 6. The number of methoxy groups -OCH3 is 2. The molecule has 0 unspecified atom stereocenters. The second-order valence-corrected chi connectivity index (χ2v) is 4.70. The molecule has 0 radical (unpaired) electrons. The fourth-order valence-electron chi connectivity index (χ4n) is 2.26. The van der Waals surface area contributed by atoms with Gasteiger partial charge in [0.05, 0.1) is 19.6 Å². The molecule has 19 heavy (non-hydrogen) atoms. The van der Waals surface area contributed by atoms with Crippen molar-refractivity contribution in [2.45, 2.75) is 18.3 Å². The maximum Gasteiger partial charge on any atom is 0.230 e. The fourth-order valence-corrected chi connectivity index (χ4v) is 2.26. The van der Waals surface area contributed by atoms with Gasteiger partial charge in [0.2, 0.25) is 5.91 Å². The van der Waals surface area contributed by atoms with Crippen LogP contribution in [0.2, 0.25) is 0 Å². The third kappa shape index (κ3) is 2.51. The van der Waals surface area contributed by atoms with E-state index in [2.05, 4.69) is 5.32 Å². The van der Waals surface area contributed by atoms with Crippen LogP contribution in [-0.4, -0.2) is 33.2 Å². The van der Waals surface area contributed by atoms with E-state index in [0.717, 1.165) is 18.4 Å². The van der Waals surface area contributed by atoms with Crippen molar-refractivity contribution in [2.24, 2.45) is 5.73 Å². The number of benzene rings is 1. The summed E-state index contributed by atoms with van der Waals surface area (Å²) in [5.74, 6) is 1.37. The summed E-state index contributed by atoms with van der Waals surface area (Å²) in [4.78, 5) is 12.2. The quantitative estimate of drug-likeness (QED) is 0.797. The summed E-state index contributed by atoms with van der Waals surface area (Å²) in [6.07, 6.45) is 1.72. The molecule has 0 bridgehead atoms. The molecule has 0 saturated heterocycles. The Morgan fingerprint density at radius 3 is 2.53 bits per heavy atom. The minimum Gasteiger partial charge on any atom is -0.493 e. The average molecular weight is 264 g/mol. The zero-order valence-corrected chi connectivity index (χ0v) is 11.4. The molecule has 1 aliphatic rings. The minimum atomic E-state index is -0.408. The predicted octanol–water partition coefficient (Wildman–Crippen LogP) is 0.810. The first-order valence-electron chi connectivity index (χ1n) is 6.39. The molecule has 104 valence electrons. The van der Waals surface area contributed by atoms with Crippen LogP contribution in [0.4, 0.5) is 0 Å². The van der Waals surface area contributed by atoms with Gasteiger partial charge in [-0.3, -0.25) is 4.79 Å². The highest BCUT2D eigenvalue weighted by atomic mass is 16.5. The lowest BCUT2D eigenvalue weighted by Crippen LogP contribution is -2.37. The van der Waals surface area contributed by atoms with Crippen LogP contribution in [0.3, 0.4) is 0 Å². The highest BCUT2D eigenvalue weighted by molar-refractivity contribution is 5.91. The number of ether oxygens (including phenoxy) is 2. The third-order valence-corrected chi connectivity index (χ3v) is 3.55. The van der Waals surface area contributed by atoms with Gasteiger partial charge >= 0.3 is 0 Å². The van der Waals surface area contributed by atoms with Crippen LogP contribution in [0.15, 0.2) is 18.2 Å². The predicted molar refractivity (Wildman–Crippen MR) is 72.5 cm³/mol. The van der Waals surface area contributed by atoms with Crippen molar-refractivity contribution in [3.05, 3.63) is 23.8 Å². The Kier molecular flexibility index (Phi) is 3.95. The van der Waals surface area contributed by atoms with E-state index < -0.39 is 5.41 Å². The van der Waals surface area contributed by atoms with E-state index >= 15 is 0 Å². The first-order valence-corrected chi connectivity index (χ1v) is 6.39. The largest absolute Gasteiger partial charge is 0.493 e. The maximum atomic E-state index is 12.2. The molecule has 1 aromatic carbocycles. The first-order chi connectivity index (χ1) is 9.17. The standard InChI is InChI=1S/C14H20N2O3/c1-18-11-4-3-10(9-12(11)19-2)14(5-6-14)13(17)16-8-7-15/h3-4,9H,5-8,15H2,1-2H3,(H,16,17). The monoisotopic (exact) mass is 264 g/mol. The molecule has 0 atom stereocenters. The molecule has 1 aliphatic carbocycles. The van der Waals surface area contributed by atoms with Gasteiger partial charge in [-0.1, -0.05) is 6.07 Å². The topological polar surface area (TPSA) is 73.6 Å². The molecule has 1 aromatic rings. The lowest BCUT2D eigenvalue weighted by Gasteiger charge is -2.17. The zero-order valence-electron chi connectivity index (χ0n) is 11.4. The zero-order chi connectivity index (χ0) is 13.9. The number of hydrogen-bond acceptors (Lipinski definition) is 4. The molecular weight excluding hydrogens is 244 g/mol. The summed E-state index contributed by atoms with van der Waals surface area (Å²) < 4.78 is 10.5. The molecule has 5 nitrogen and oxygen atoms in total. The van der Waals surface area contributed by atoms with E-state index in [9.17, 15) is 4.79 Å². The van der Waals surface area contributed by atoms with Crippen LogP contribution in [0.25, 0.3) is 0 Å². The Morgan fingerprint density at radius 2 is 2.00 bits per heavy atom. The van der Waals surface area contributed by atoms with E-state index in [-0.39, 0.29) is 5.91 Å². The van der Waals surface area contributed by atoms with E-state index in [4.69, 9.17) is 15.2 Å². The number of carbonyl (C=O) groups is 1. The fraction of sp³-hybridized carbons (Fsp3) is 0.500. The van der Waals surface area contributed by atoms with Crippen molar-refractivity contribution in [2.75, 3.05) is 27.3 Å². The lowest BCUT2D eigenvalue weighted by molar-refractivity contribution is -0.123. The van der Waals surface area contributed by atoms with Gasteiger partial charge in [-0.05, 0) is 30.5 Å². The van der Waals surface area contributed by atoms with E-state index in [1.165, 1.54) is 0 Å². The Bertz CT molecular complexity index is 470. The average Bonchev–Trinajstić information content (AvgIpc) is 3.25. The molecule has 0 aromatic heterocycles. The van der Waals surface area contributed by atoms with Crippen molar-refractivity contribution in [3.63, 3.8) is 0 Å². The summed E-state index contributed by atoms with van der Waals surface area (Å²) in [5.41, 5.74) is 5.98. The Balaban J connectivity index is 2.24. The molecule has 1 fully saturated rings. The number of nitrogens with two attached hydrogens (primary N) is 1. The second-order valence-electron chi connectivity index (χ2n) is 4.70. The summed E-state index contributed by atoms with van der Waals surface area (Å²) >= 11 is 0. The number of nitrogens with one attached hydrogen (secondary N) is 1. The van der Waals surface area contributed by atoms with Crippen molar-refractivity contribution < 1.29 is 14.3 Å². The van der Waals surface area contributed by atoms with Gasteiger partial charge in [-0.15, -0.1) is 0 Å². The van der Waals surface area contributed by atoms with Crippen LogP contribution in [-0.2, 0) is 10.2 Å². The number of amides is 1. The van der Waals surface area contributed by atoms with Crippen LogP contribution < -0.4 is 20.5 Å². The van der Waals surface area contributed by atoms with Gasteiger partial charge in [0.1, 0.15) is 0 Å². The van der Waals surface area contributed by atoms with Gasteiger partial charge in [0.15, 0.2) is 11.5 Å². The Morgan fingerprint density at radius 1 is 1.32 bits per heavy atom. The van der Waals surface area contributed by atoms with Crippen molar-refractivity contribution in [1.29, 1.82) is 0 Å². The van der Waals surface area contributed by atoms with Crippen LogP contribution >= 0.6 is 0 Å². The summed E-state index contributed by atoms with van der Waals surface area (Å²) in [7, 11) is 3.19. The molecule has 2 rings (SSSR count). The third-order valence-electron chi connectivity index (χ3n) is 3.55. The minimum absolute atomic E-state index is 0.0465. The van der Waals surface area contributed by atoms with Crippen LogP contribution in [0.1, 0.15) is 18.4 Å². The summed E-state index contributed by atoms with van der Waals surface area (Å²) in [5, 5.41) is 2.86. The SMILES string of the molecule is COc1ccc(C2(C(=O)NCCN)CC2)cc1OC. The molecular formula is C14H20N2O3. The van der Waals surface area contributed by atoms with E-state index in [0.29, 0.717) is 24.6 Å². The van der Waals surface area contributed by atoms with Gasteiger partial charge in [0.25, 0.3) is 0 Å². The molecule has 5 heteroatoms. The maximum absolute atomic E-state index is 12.2. The van der Waals surface area contributed by atoms with Crippen LogP contribution in [0.5, 0.6) is 11.5 Å². The molecule has 1 saturated carbocycles. The summed E-state index contributed by atoms with van der Waals surface area (Å²) in [6.45, 7) is 0.960. The van der Waals surface area contributed by atoms with E-state index in [1.807, 2.05) is 18.2 Å². The highest BCUT2D eigenvalue weighted by Crippen LogP contribution is 2.50. The Hall–Kier alpha value is -1.75. The van der Waals surface area contributed by atoms with Gasteiger partial charge in [0, 0.05) is 13.1 Å².